The molecule has 7 heteroatoms. The summed E-state index contributed by atoms with van der Waals surface area (Å²) in [5, 5.41) is 0.730. The normalized spacial score (nSPS) is 11.8. The number of amides is 1. The molecule has 0 unspecified atom stereocenters. The number of benzene rings is 2. The second-order valence-electron chi connectivity index (χ2n) is 5.80. The standard InChI is InChI=1S/C20H17Cl2FN2OS/c1-3-17-18(12-5-8-14(23)9-6-12)25(4-2)20(27-17)24-19(26)15-10-7-13(21)11-16(15)22/h5-11H,3-4H2,1-2H3. The van der Waals surface area contributed by atoms with Crippen molar-refractivity contribution in [1.29, 1.82) is 0 Å². The molecule has 0 bridgehead atoms. The average Bonchev–Trinajstić information content (AvgIpc) is 2.99. The van der Waals surface area contributed by atoms with Gasteiger partial charge in [-0.2, -0.15) is 4.99 Å². The zero-order valence-corrected chi connectivity index (χ0v) is 17.1. The molecule has 1 heterocycles. The number of carbonyl (C=O) groups excluding carboxylic acids is 1. The molecular weight excluding hydrogens is 406 g/mol. The van der Waals surface area contributed by atoms with Crippen molar-refractivity contribution >= 4 is 40.4 Å². The van der Waals surface area contributed by atoms with Crippen molar-refractivity contribution in [3.05, 3.63) is 73.6 Å². The van der Waals surface area contributed by atoms with Crippen LogP contribution in [0.15, 0.2) is 47.5 Å². The summed E-state index contributed by atoms with van der Waals surface area (Å²) < 4.78 is 15.3. The minimum atomic E-state index is -0.423. The van der Waals surface area contributed by atoms with Gasteiger partial charge in [0.05, 0.1) is 16.3 Å². The van der Waals surface area contributed by atoms with Gasteiger partial charge in [-0.1, -0.05) is 30.1 Å². The Kier molecular flexibility index (Phi) is 6.15. The summed E-state index contributed by atoms with van der Waals surface area (Å²) in [6.07, 6.45) is 0.781. The van der Waals surface area contributed by atoms with Crippen LogP contribution >= 0.6 is 34.5 Å². The molecule has 0 saturated carbocycles. The van der Waals surface area contributed by atoms with Crippen LogP contribution in [0.4, 0.5) is 4.39 Å². The Hall–Kier alpha value is -1.95. The maximum absolute atomic E-state index is 13.3. The third-order valence-electron chi connectivity index (χ3n) is 4.09. The van der Waals surface area contributed by atoms with Gasteiger partial charge in [0.2, 0.25) is 0 Å². The quantitative estimate of drug-likeness (QED) is 0.508. The lowest BCUT2D eigenvalue weighted by molar-refractivity contribution is 0.0998. The van der Waals surface area contributed by atoms with E-state index in [-0.39, 0.29) is 10.8 Å². The molecule has 140 valence electrons. The van der Waals surface area contributed by atoms with Gasteiger partial charge in [-0.25, -0.2) is 4.39 Å². The first-order valence-corrected chi connectivity index (χ1v) is 10.0. The van der Waals surface area contributed by atoms with Crippen LogP contribution in [0.5, 0.6) is 0 Å². The first kappa shape index (κ1) is 19.8. The number of aromatic nitrogens is 1. The molecule has 0 aliphatic rings. The van der Waals surface area contributed by atoms with E-state index >= 15 is 0 Å². The lowest BCUT2D eigenvalue weighted by Crippen LogP contribution is -2.17. The van der Waals surface area contributed by atoms with E-state index in [4.69, 9.17) is 23.2 Å². The maximum atomic E-state index is 13.3. The van der Waals surface area contributed by atoms with Gasteiger partial charge in [0.15, 0.2) is 4.80 Å². The molecule has 0 saturated heterocycles. The van der Waals surface area contributed by atoms with E-state index in [1.54, 1.807) is 24.3 Å². The van der Waals surface area contributed by atoms with Crippen molar-refractivity contribution in [2.24, 2.45) is 4.99 Å². The number of nitrogens with zero attached hydrogens (tertiary/aromatic N) is 2. The molecule has 2 aromatic carbocycles. The van der Waals surface area contributed by atoms with E-state index in [0.29, 0.717) is 21.9 Å². The van der Waals surface area contributed by atoms with Crippen LogP contribution in [0.2, 0.25) is 10.0 Å². The van der Waals surface area contributed by atoms with Crippen LogP contribution in [-0.2, 0) is 13.0 Å². The molecular formula is C20H17Cl2FN2OS. The largest absolute Gasteiger partial charge is 0.316 e. The first-order chi connectivity index (χ1) is 12.9. The van der Waals surface area contributed by atoms with Gasteiger partial charge < -0.3 is 4.57 Å². The summed E-state index contributed by atoms with van der Waals surface area (Å²) >= 11 is 13.5. The fourth-order valence-corrected chi connectivity index (χ4v) is 4.45. The molecule has 3 nitrogen and oxygen atoms in total. The molecule has 1 aromatic heterocycles. The number of aryl methyl sites for hydroxylation is 1. The van der Waals surface area contributed by atoms with E-state index in [1.807, 2.05) is 18.4 Å². The van der Waals surface area contributed by atoms with Crippen LogP contribution in [0.25, 0.3) is 11.3 Å². The fourth-order valence-electron chi connectivity index (χ4n) is 2.81. The van der Waals surface area contributed by atoms with Gasteiger partial charge in [0.1, 0.15) is 5.82 Å². The molecule has 0 spiro atoms. The Bertz CT molecular complexity index is 1050. The van der Waals surface area contributed by atoms with Crippen LogP contribution in [-0.4, -0.2) is 10.5 Å². The Balaban J connectivity index is 2.14. The Labute approximate surface area is 170 Å². The zero-order valence-electron chi connectivity index (χ0n) is 14.8. The minimum Gasteiger partial charge on any atom is -0.316 e. The van der Waals surface area contributed by atoms with Crippen LogP contribution in [0, 0.1) is 5.82 Å². The molecule has 1 amide bonds. The maximum Gasteiger partial charge on any atom is 0.281 e. The molecule has 0 radical (unpaired) electrons. The van der Waals surface area contributed by atoms with E-state index < -0.39 is 5.91 Å². The predicted octanol–water partition coefficient (Wildman–Crippen LogP) is 5.99. The van der Waals surface area contributed by atoms with Crippen molar-refractivity contribution in [1.82, 2.24) is 4.57 Å². The molecule has 3 rings (SSSR count). The average molecular weight is 423 g/mol. The monoisotopic (exact) mass is 422 g/mol. The molecule has 0 aliphatic carbocycles. The van der Waals surface area contributed by atoms with E-state index in [0.717, 1.165) is 22.6 Å². The predicted molar refractivity (Wildman–Crippen MR) is 109 cm³/mol. The lowest BCUT2D eigenvalue weighted by atomic mass is 10.1. The number of rotatable bonds is 4. The highest BCUT2D eigenvalue weighted by Crippen LogP contribution is 2.27. The topological polar surface area (TPSA) is 34.4 Å². The number of thiazole rings is 1. The highest BCUT2D eigenvalue weighted by Gasteiger charge is 2.16. The Morgan fingerprint density at radius 1 is 1.15 bits per heavy atom. The SMILES string of the molecule is CCc1sc(=NC(=O)c2ccc(Cl)cc2Cl)n(CC)c1-c1ccc(F)cc1. The highest BCUT2D eigenvalue weighted by molar-refractivity contribution is 7.09. The Morgan fingerprint density at radius 3 is 2.44 bits per heavy atom. The van der Waals surface area contributed by atoms with Crippen molar-refractivity contribution in [2.45, 2.75) is 26.8 Å². The number of halogens is 3. The molecule has 0 aliphatic heterocycles. The summed E-state index contributed by atoms with van der Waals surface area (Å²) in [5.41, 5.74) is 2.15. The first-order valence-electron chi connectivity index (χ1n) is 8.47. The van der Waals surface area contributed by atoms with E-state index in [1.165, 1.54) is 29.5 Å². The summed E-state index contributed by atoms with van der Waals surface area (Å²) in [6, 6.07) is 11.1. The second kappa shape index (κ2) is 8.38. The van der Waals surface area contributed by atoms with Crippen molar-refractivity contribution in [2.75, 3.05) is 0 Å². The summed E-state index contributed by atoms with van der Waals surface area (Å²) in [4.78, 5) is 18.6. The number of hydrogen-bond donors (Lipinski definition) is 0. The third kappa shape index (κ3) is 4.15. The van der Waals surface area contributed by atoms with Gasteiger partial charge >= 0.3 is 0 Å². The molecule has 0 atom stereocenters. The van der Waals surface area contributed by atoms with Crippen LogP contribution in [0.3, 0.4) is 0 Å². The summed E-state index contributed by atoms with van der Waals surface area (Å²) in [6.45, 7) is 4.65. The van der Waals surface area contributed by atoms with Crippen molar-refractivity contribution in [3.63, 3.8) is 0 Å². The number of hydrogen-bond acceptors (Lipinski definition) is 2. The molecule has 0 fully saturated rings. The Morgan fingerprint density at radius 2 is 1.85 bits per heavy atom. The number of carbonyl (C=O) groups is 1. The molecule has 0 N–H and O–H groups in total. The van der Waals surface area contributed by atoms with Crippen LogP contribution < -0.4 is 4.80 Å². The van der Waals surface area contributed by atoms with Gasteiger partial charge in [0, 0.05) is 16.4 Å². The lowest BCUT2D eigenvalue weighted by Gasteiger charge is -2.08. The van der Waals surface area contributed by atoms with Crippen LogP contribution in [0.1, 0.15) is 29.1 Å². The second-order valence-corrected chi connectivity index (χ2v) is 7.71. The van der Waals surface area contributed by atoms with Crippen molar-refractivity contribution in [3.8, 4) is 11.3 Å². The highest BCUT2D eigenvalue weighted by atomic mass is 35.5. The van der Waals surface area contributed by atoms with Gasteiger partial charge in [-0.3, -0.25) is 4.79 Å². The smallest absolute Gasteiger partial charge is 0.281 e. The van der Waals surface area contributed by atoms with E-state index in [2.05, 4.69) is 4.99 Å². The van der Waals surface area contributed by atoms with Crippen molar-refractivity contribution < 1.29 is 9.18 Å². The van der Waals surface area contributed by atoms with E-state index in [9.17, 15) is 9.18 Å². The third-order valence-corrected chi connectivity index (χ3v) is 5.86. The van der Waals surface area contributed by atoms with Gasteiger partial charge in [0.25, 0.3) is 5.91 Å². The zero-order chi connectivity index (χ0) is 19.6. The summed E-state index contributed by atoms with van der Waals surface area (Å²) in [7, 11) is 0. The molecule has 27 heavy (non-hydrogen) atoms. The summed E-state index contributed by atoms with van der Waals surface area (Å²) in [5.74, 6) is -0.707. The minimum absolute atomic E-state index is 0.269. The van der Waals surface area contributed by atoms with Gasteiger partial charge in [-0.15, -0.1) is 11.3 Å². The molecule has 3 aromatic rings. The van der Waals surface area contributed by atoms with Gasteiger partial charge in [-0.05, 0) is 61.4 Å². The fraction of sp³-hybridized carbons (Fsp3) is 0.200.